The van der Waals surface area contributed by atoms with Crippen molar-refractivity contribution in [1.29, 1.82) is 5.26 Å². The molecule has 0 aromatic heterocycles. The summed E-state index contributed by atoms with van der Waals surface area (Å²) in [4.78, 5) is 0. The first-order chi connectivity index (χ1) is 6.29. The number of ether oxygens (including phenoxy) is 2. The Balaban J connectivity index is 2.54. The lowest BCUT2D eigenvalue weighted by molar-refractivity contribution is -0.0743. The molecule has 0 aliphatic heterocycles. The quantitative estimate of drug-likeness (QED) is 0.647. The molecule has 0 aromatic rings. The van der Waals surface area contributed by atoms with Gasteiger partial charge in [0.25, 0.3) is 0 Å². The van der Waals surface area contributed by atoms with Gasteiger partial charge < -0.3 is 14.6 Å². The molecule has 1 atom stereocenters. The highest BCUT2D eigenvalue weighted by Gasteiger charge is 2.47. The average molecular weight is 185 g/mol. The molecule has 0 radical (unpaired) electrons. The molecule has 1 saturated carbocycles. The number of aliphatic hydroxyl groups excluding tert-OH is 1. The highest BCUT2D eigenvalue weighted by Crippen LogP contribution is 2.41. The van der Waals surface area contributed by atoms with Crippen molar-refractivity contribution in [3.8, 4) is 6.07 Å². The second-order valence-corrected chi connectivity index (χ2v) is 3.28. The van der Waals surface area contributed by atoms with E-state index in [1.54, 1.807) is 7.11 Å². The fourth-order valence-corrected chi connectivity index (χ4v) is 1.43. The Morgan fingerprint density at radius 2 is 2.31 bits per heavy atom. The molecular formula is C9H15NO3. The van der Waals surface area contributed by atoms with E-state index in [9.17, 15) is 0 Å². The molecule has 4 heteroatoms. The van der Waals surface area contributed by atoms with Gasteiger partial charge in [-0.2, -0.15) is 5.26 Å². The van der Waals surface area contributed by atoms with Gasteiger partial charge in [-0.1, -0.05) is 0 Å². The van der Waals surface area contributed by atoms with Crippen LogP contribution in [0.2, 0.25) is 0 Å². The third-order valence-electron chi connectivity index (χ3n) is 2.24. The van der Waals surface area contributed by atoms with E-state index in [1.165, 1.54) is 0 Å². The number of methoxy groups -OCH3 is 1. The molecule has 0 heterocycles. The predicted octanol–water partition coefficient (Wildman–Crippen LogP) is 0.314. The summed E-state index contributed by atoms with van der Waals surface area (Å²) < 4.78 is 10.3. The maximum atomic E-state index is 9.01. The van der Waals surface area contributed by atoms with E-state index in [0.29, 0.717) is 0 Å². The smallest absolute Gasteiger partial charge is 0.180 e. The number of nitriles is 1. The van der Waals surface area contributed by atoms with E-state index < -0.39 is 5.60 Å². The zero-order chi connectivity index (χ0) is 9.73. The van der Waals surface area contributed by atoms with Gasteiger partial charge in [-0.25, -0.2) is 0 Å². The van der Waals surface area contributed by atoms with Crippen molar-refractivity contribution < 1.29 is 14.6 Å². The van der Waals surface area contributed by atoms with E-state index in [4.69, 9.17) is 19.8 Å². The Labute approximate surface area is 78.1 Å². The Hall–Kier alpha value is -0.630. The summed E-state index contributed by atoms with van der Waals surface area (Å²) in [5, 5.41) is 17.6. The molecule has 0 spiro atoms. The van der Waals surface area contributed by atoms with Crippen LogP contribution in [0.15, 0.2) is 0 Å². The van der Waals surface area contributed by atoms with Gasteiger partial charge in [0, 0.05) is 13.0 Å². The van der Waals surface area contributed by atoms with Crippen molar-refractivity contribution in [3.05, 3.63) is 0 Å². The third kappa shape index (κ3) is 2.41. The summed E-state index contributed by atoms with van der Waals surface area (Å²) in [6, 6.07) is 2.15. The minimum Gasteiger partial charge on any atom is -0.394 e. The zero-order valence-electron chi connectivity index (χ0n) is 7.82. The van der Waals surface area contributed by atoms with Gasteiger partial charge >= 0.3 is 0 Å². The van der Waals surface area contributed by atoms with Gasteiger partial charge in [-0.3, -0.25) is 0 Å². The molecular weight excluding hydrogens is 170 g/mol. The Morgan fingerprint density at radius 3 is 2.69 bits per heavy atom. The number of hydrogen-bond acceptors (Lipinski definition) is 4. The van der Waals surface area contributed by atoms with E-state index in [2.05, 4.69) is 6.07 Å². The SMILES string of the molecule is COCC(C#N)(OCCO)C1CC1. The van der Waals surface area contributed by atoms with Gasteiger partial charge in [0.1, 0.15) is 6.07 Å². The van der Waals surface area contributed by atoms with Crippen LogP contribution in [0.5, 0.6) is 0 Å². The number of aliphatic hydroxyl groups is 1. The van der Waals surface area contributed by atoms with Crippen LogP contribution in [0.1, 0.15) is 12.8 Å². The predicted molar refractivity (Wildman–Crippen MR) is 46.0 cm³/mol. The lowest BCUT2D eigenvalue weighted by Gasteiger charge is -2.25. The first-order valence-corrected chi connectivity index (χ1v) is 4.44. The summed E-state index contributed by atoms with van der Waals surface area (Å²) in [6.45, 7) is 0.432. The van der Waals surface area contributed by atoms with Crippen LogP contribution in [0.25, 0.3) is 0 Å². The maximum Gasteiger partial charge on any atom is 0.180 e. The van der Waals surface area contributed by atoms with Crippen molar-refractivity contribution in [1.82, 2.24) is 0 Å². The van der Waals surface area contributed by atoms with Gasteiger partial charge in [0.15, 0.2) is 5.60 Å². The molecule has 4 nitrogen and oxygen atoms in total. The number of nitrogens with zero attached hydrogens (tertiary/aromatic N) is 1. The van der Waals surface area contributed by atoms with Crippen molar-refractivity contribution in [3.63, 3.8) is 0 Å². The minimum atomic E-state index is -0.822. The molecule has 1 fully saturated rings. The topological polar surface area (TPSA) is 62.5 Å². The summed E-state index contributed by atoms with van der Waals surface area (Å²) in [5.41, 5.74) is -0.822. The molecule has 74 valence electrons. The van der Waals surface area contributed by atoms with Gasteiger partial charge in [-0.05, 0) is 12.8 Å². The molecule has 0 amide bonds. The fourth-order valence-electron chi connectivity index (χ4n) is 1.43. The van der Waals surface area contributed by atoms with Gasteiger partial charge in [0.2, 0.25) is 0 Å². The van der Waals surface area contributed by atoms with Crippen LogP contribution in [0.3, 0.4) is 0 Å². The highest BCUT2D eigenvalue weighted by molar-refractivity contribution is 5.11. The van der Waals surface area contributed by atoms with Gasteiger partial charge in [0.05, 0.1) is 19.8 Å². The summed E-state index contributed by atoms with van der Waals surface area (Å²) in [6.07, 6.45) is 2.03. The second kappa shape index (κ2) is 4.56. The summed E-state index contributed by atoms with van der Waals surface area (Å²) in [7, 11) is 1.55. The Bertz CT molecular complexity index is 198. The Kier molecular flexibility index (Phi) is 3.67. The highest BCUT2D eigenvalue weighted by atomic mass is 16.5. The maximum absolute atomic E-state index is 9.01. The monoisotopic (exact) mass is 185 g/mol. The molecule has 0 saturated heterocycles. The van der Waals surface area contributed by atoms with E-state index >= 15 is 0 Å². The number of rotatable bonds is 6. The van der Waals surface area contributed by atoms with E-state index in [0.717, 1.165) is 12.8 Å². The Morgan fingerprint density at radius 1 is 1.62 bits per heavy atom. The van der Waals surface area contributed by atoms with E-state index in [-0.39, 0.29) is 25.7 Å². The molecule has 1 aliphatic rings. The number of hydrogen-bond donors (Lipinski definition) is 1. The van der Waals surface area contributed by atoms with Crippen molar-refractivity contribution >= 4 is 0 Å². The fraction of sp³-hybridized carbons (Fsp3) is 0.889. The molecule has 13 heavy (non-hydrogen) atoms. The largest absolute Gasteiger partial charge is 0.394 e. The van der Waals surface area contributed by atoms with Crippen LogP contribution < -0.4 is 0 Å². The molecule has 1 aliphatic carbocycles. The van der Waals surface area contributed by atoms with Gasteiger partial charge in [-0.15, -0.1) is 0 Å². The molecule has 0 aromatic carbocycles. The molecule has 0 bridgehead atoms. The third-order valence-corrected chi connectivity index (χ3v) is 2.24. The average Bonchev–Trinajstić information content (AvgIpc) is 2.96. The summed E-state index contributed by atoms with van der Waals surface area (Å²) in [5.74, 6) is 0.281. The van der Waals surface area contributed by atoms with Crippen molar-refractivity contribution in [2.75, 3.05) is 26.9 Å². The summed E-state index contributed by atoms with van der Waals surface area (Å²) >= 11 is 0. The minimum absolute atomic E-state index is 0.0557. The van der Waals surface area contributed by atoms with Crippen LogP contribution in [0, 0.1) is 17.2 Å². The van der Waals surface area contributed by atoms with E-state index in [1.807, 2.05) is 0 Å². The van der Waals surface area contributed by atoms with Crippen LogP contribution in [-0.4, -0.2) is 37.6 Å². The van der Waals surface area contributed by atoms with Crippen LogP contribution in [0.4, 0.5) is 0 Å². The molecule has 1 N–H and O–H groups in total. The normalized spacial score (nSPS) is 20.7. The molecule has 1 rings (SSSR count). The first kappa shape index (κ1) is 10.5. The first-order valence-electron chi connectivity index (χ1n) is 4.44. The second-order valence-electron chi connectivity index (χ2n) is 3.28. The molecule has 1 unspecified atom stereocenters. The standard InChI is InChI=1S/C9H15NO3/c1-12-7-9(6-10,8-2-3-8)13-5-4-11/h8,11H,2-5,7H2,1H3. The van der Waals surface area contributed by atoms with Crippen molar-refractivity contribution in [2.24, 2.45) is 5.92 Å². The lowest BCUT2D eigenvalue weighted by Crippen LogP contribution is -2.39. The zero-order valence-corrected chi connectivity index (χ0v) is 7.82. The van der Waals surface area contributed by atoms with Crippen LogP contribution >= 0.6 is 0 Å². The van der Waals surface area contributed by atoms with Crippen LogP contribution in [-0.2, 0) is 9.47 Å². The lowest BCUT2D eigenvalue weighted by atomic mass is 10.0. The van der Waals surface area contributed by atoms with Crippen molar-refractivity contribution in [2.45, 2.75) is 18.4 Å².